The maximum atomic E-state index is 10.8. The first-order chi connectivity index (χ1) is 6.77. The summed E-state index contributed by atoms with van der Waals surface area (Å²) in [6.07, 6.45) is 6.86. The Kier molecular flexibility index (Phi) is 6.44. The summed E-state index contributed by atoms with van der Waals surface area (Å²) in [6, 6.07) is 0. The van der Waals surface area contributed by atoms with Crippen LogP contribution in [0.4, 0.5) is 0 Å². The fraction of sp³-hybridized carbons (Fsp3) is 1.00. The van der Waals surface area contributed by atoms with E-state index < -0.39 is 10.0 Å². The van der Waals surface area contributed by atoms with Crippen molar-refractivity contribution in [1.82, 2.24) is 4.72 Å². The minimum absolute atomic E-state index is 0.435. The quantitative estimate of drug-likeness (QED) is 0.657. The molecule has 0 spiro atoms. The van der Waals surface area contributed by atoms with Crippen molar-refractivity contribution < 1.29 is 8.42 Å². The van der Waals surface area contributed by atoms with Crippen LogP contribution >= 0.6 is 0 Å². The maximum absolute atomic E-state index is 10.8. The summed E-state index contributed by atoms with van der Waals surface area (Å²) in [7, 11) is -2.99. The van der Waals surface area contributed by atoms with Crippen LogP contribution in [-0.2, 0) is 10.0 Å². The average molecular weight is 235 g/mol. The summed E-state index contributed by atoms with van der Waals surface area (Å²) in [5.74, 6) is 0. The normalized spacial score (nSPS) is 13.1. The molecule has 0 aliphatic rings. The molecule has 0 aromatic heterocycles. The standard InChI is InChI=1S/C11H25NO2S/c1-5-11(2,3)9-7-6-8-10-12-15(4,13)14/h12H,5-10H2,1-4H3. The third-order valence-electron chi connectivity index (χ3n) is 2.85. The van der Waals surface area contributed by atoms with Crippen molar-refractivity contribution in [3.05, 3.63) is 0 Å². The highest BCUT2D eigenvalue weighted by Gasteiger charge is 2.13. The fourth-order valence-corrected chi connectivity index (χ4v) is 1.85. The molecule has 0 bridgehead atoms. The first-order valence-electron chi connectivity index (χ1n) is 5.71. The minimum Gasteiger partial charge on any atom is -0.215 e. The van der Waals surface area contributed by atoms with Crippen LogP contribution in [0, 0.1) is 5.41 Å². The van der Waals surface area contributed by atoms with E-state index in [-0.39, 0.29) is 0 Å². The van der Waals surface area contributed by atoms with Gasteiger partial charge in [-0.1, -0.05) is 40.0 Å². The summed E-state index contributed by atoms with van der Waals surface area (Å²) in [4.78, 5) is 0. The molecule has 3 nitrogen and oxygen atoms in total. The van der Waals surface area contributed by atoms with Crippen LogP contribution in [0.25, 0.3) is 0 Å². The Labute approximate surface area is 94.7 Å². The zero-order chi connectivity index (χ0) is 11.9. The van der Waals surface area contributed by atoms with Crippen LogP contribution in [0.15, 0.2) is 0 Å². The number of rotatable bonds is 8. The molecule has 0 aromatic rings. The molecule has 92 valence electrons. The molecule has 4 heteroatoms. The van der Waals surface area contributed by atoms with Crippen molar-refractivity contribution >= 4 is 10.0 Å². The van der Waals surface area contributed by atoms with E-state index >= 15 is 0 Å². The van der Waals surface area contributed by atoms with E-state index in [9.17, 15) is 8.42 Å². The van der Waals surface area contributed by atoms with Crippen LogP contribution in [-0.4, -0.2) is 21.2 Å². The lowest BCUT2D eigenvalue weighted by Crippen LogP contribution is -2.22. The van der Waals surface area contributed by atoms with Crippen LogP contribution in [0.1, 0.15) is 52.9 Å². The van der Waals surface area contributed by atoms with E-state index in [0.29, 0.717) is 12.0 Å². The number of nitrogens with one attached hydrogen (secondary N) is 1. The average Bonchev–Trinajstić information content (AvgIpc) is 2.09. The third kappa shape index (κ3) is 10.2. The second-order valence-electron chi connectivity index (χ2n) is 4.99. The molecule has 0 fully saturated rings. The van der Waals surface area contributed by atoms with Gasteiger partial charge < -0.3 is 0 Å². The monoisotopic (exact) mass is 235 g/mol. The molecule has 0 atom stereocenters. The smallest absolute Gasteiger partial charge is 0.208 e. The van der Waals surface area contributed by atoms with Gasteiger partial charge in [-0.2, -0.15) is 0 Å². The van der Waals surface area contributed by atoms with Gasteiger partial charge in [0, 0.05) is 6.54 Å². The lowest BCUT2D eigenvalue weighted by molar-refractivity contribution is 0.308. The summed E-state index contributed by atoms with van der Waals surface area (Å²) < 4.78 is 24.0. The lowest BCUT2D eigenvalue weighted by atomic mass is 9.84. The molecule has 0 aromatic carbocycles. The second-order valence-corrected chi connectivity index (χ2v) is 6.83. The number of sulfonamides is 1. The molecule has 0 saturated carbocycles. The SMILES string of the molecule is CCC(C)(C)CCCCCNS(C)(=O)=O. The van der Waals surface area contributed by atoms with Gasteiger partial charge in [0.2, 0.25) is 10.0 Å². The van der Waals surface area contributed by atoms with Crippen molar-refractivity contribution in [2.24, 2.45) is 5.41 Å². The predicted molar refractivity (Wildman–Crippen MR) is 65.4 cm³/mol. The summed E-state index contributed by atoms with van der Waals surface area (Å²) in [5, 5.41) is 0. The number of hydrogen-bond acceptors (Lipinski definition) is 2. The van der Waals surface area contributed by atoms with E-state index in [4.69, 9.17) is 0 Å². The number of hydrogen-bond donors (Lipinski definition) is 1. The highest BCUT2D eigenvalue weighted by Crippen LogP contribution is 2.26. The van der Waals surface area contributed by atoms with E-state index in [1.807, 2.05) is 0 Å². The van der Waals surface area contributed by atoms with Gasteiger partial charge in [0.1, 0.15) is 0 Å². The highest BCUT2D eigenvalue weighted by atomic mass is 32.2. The topological polar surface area (TPSA) is 46.2 Å². The van der Waals surface area contributed by atoms with Gasteiger partial charge in [-0.15, -0.1) is 0 Å². The Bertz CT molecular complexity index is 258. The first kappa shape index (κ1) is 14.9. The molecular weight excluding hydrogens is 210 g/mol. The fourth-order valence-electron chi connectivity index (χ4n) is 1.34. The Morgan fingerprint density at radius 3 is 2.20 bits per heavy atom. The van der Waals surface area contributed by atoms with E-state index in [0.717, 1.165) is 12.8 Å². The molecule has 0 unspecified atom stereocenters. The van der Waals surface area contributed by atoms with Crippen molar-refractivity contribution in [3.8, 4) is 0 Å². The summed E-state index contributed by atoms with van der Waals surface area (Å²) >= 11 is 0. The molecule has 1 N–H and O–H groups in total. The highest BCUT2D eigenvalue weighted by molar-refractivity contribution is 7.88. The van der Waals surface area contributed by atoms with E-state index in [2.05, 4.69) is 25.5 Å². The van der Waals surface area contributed by atoms with Gasteiger partial charge in [-0.3, -0.25) is 0 Å². The summed E-state index contributed by atoms with van der Waals surface area (Å²) in [5.41, 5.74) is 0.435. The van der Waals surface area contributed by atoms with E-state index in [1.165, 1.54) is 25.5 Å². The largest absolute Gasteiger partial charge is 0.215 e. The van der Waals surface area contributed by atoms with Gasteiger partial charge in [0.25, 0.3) is 0 Å². The maximum Gasteiger partial charge on any atom is 0.208 e. The van der Waals surface area contributed by atoms with Gasteiger partial charge in [0.05, 0.1) is 6.26 Å². The minimum atomic E-state index is -2.99. The molecule has 15 heavy (non-hydrogen) atoms. The predicted octanol–water partition coefficient (Wildman–Crippen LogP) is 2.53. The molecule has 0 aliphatic carbocycles. The van der Waals surface area contributed by atoms with Crippen LogP contribution in [0.5, 0.6) is 0 Å². The molecule has 0 aliphatic heterocycles. The van der Waals surface area contributed by atoms with Crippen molar-refractivity contribution in [1.29, 1.82) is 0 Å². The first-order valence-corrected chi connectivity index (χ1v) is 7.60. The lowest BCUT2D eigenvalue weighted by Gasteiger charge is -2.22. The van der Waals surface area contributed by atoms with Crippen LogP contribution < -0.4 is 4.72 Å². The van der Waals surface area contributed by atoms with E-state index in [1.54, 1.807) is 0 Å². The molecule has 0 heterocycles. The Morgan fingerprint density at radius 1 is 1.13 bits per heavy atom. The van der Waals surface area contributed by atoms with Crippen LogP contribution in [0.3, 0.4) is 0 Å². The van der Waals surface area contributed by atoms with Crippen molar-refractivity contribution in [3.63, 3.8) is 0 Å². The number of unbranched alkanes of at least 4 members (excludes halogenated alkanes) is 2. The van der Waals surface area contributed by atoms with Gasteiger partial charge >= 0.3 is 0 Å². The second kappa shape index (κ2) is 6.48. The molecule has 0 rings (SSSR count). The Balaban J connectivity index is 3.41. The summed E-state index contributed by atoms with van der Waals surface area (Å²) in [6.45, 7) is 7.35. The molecule has 0 radical (unpaired) electrons. The molecule has 0 amide bonds. The Hall–Kier alpha value is -0.0900. The van der Waals surface area contributed by atoms with Gasteiger partial charge in [-0.25, -0.2) is 13.1 Å². The van der Waals surface area contributed by atoms with Crippen LogP contribution in [0.2, 0.25) is 0 Å². The molecule has 0 saturated heterocycles. The zero-order valence-corrected chi connectivity index (χ0v) is 11.3. The van der Waals surface area contributed by atoms with Gasteiger partial charge in [0.15, 0.2) is 0 Å². The third-order valence-corrected chi connectivity index (χ3v) is 3.58. The zero-order valence-electron chi connectivity index (χ0n) is 10.5. The van der Waals surface area contributed by atoms with Gasteiger partial charge in [-0.05, 0) is 18.3 Å². The van der Waals surface area contributed by atoms with Crippen molar-refractivity contribution in [2.75, 3.05) is 12.8 Å². The Morgan fingerprint density at radius 2 is 1.73 bits per heavy atom. The molecular formula is C11H25NO2S. The van der Waals surface area contributed by atoms with Crippen molar-refractivity contribution in [2.45, 2.75) is 52.9 Å².